The fraction of sp³-hybridized carbons (Fsp3) is 0.346. The molecule has 0 fully saturated rings. The summed E-state index contributed by atoms with van der Waals surface area (Å²) in [4.78, 5) is 4.71. The maximum Gasteiger partial charge on any atom is 0.0653 e. The fourth-order valence-corrected chi connectivity index (χ4v) is 2.83. The van der Waals surface area contributed by atoms with Crippen molar-refractivity contribution in [2.24, 2.45) is 4.99 Å². The first kappa shape index (κ1) is 23.4. The second kappa shape index (κ2) is 13.5. The first-order valence-electron chi connectivity index (χ1n) is 10.1. The lowest BCUT2D eigenvalue weighted by Gasteiger charge is -2.09. The first-order valence-corrected chi connectivity index (χ1v) is 10.1. The summed E-state index contributed by atoms with van der Waals surface area (Å²) in [7, 11) is 0. The highest BCUT2D eigenvalue weighted by atomic mass is 14.8. The minimum atomic E-state index is 0.725. The van der Waals surface area contributed by atoms with Gasteiger partial charge in [-0.25, -0.2) is 0 Å². The zero-order valence-corrected chi connectivity index (χ0v) is 18.4. The van der Waals surface area contributed by atoms with Gasteiger partial charge in [0.2, 0.25) is 0 Å². The summed E-state index contributed by atoms with van der Waals surface area (Å²) in [5.74, 6) is 0. The Balaban J connectivity index is 0.000000406. The quantitative estimate of drug-likeness (QED) is 0.342. The number of dihydropyridines is 1. The normalized spacial score (nSPS) is 14.7. The lowest BCUT2D eigenvalue weighted by atomic mass is 9.98. The summed E-state index contributed by atoms with van der Waals surface area (Å²) in [5, 5.41) is 3.15. The average Bonchev–Trinajstić information content (AvgIpc) is 2.67. The molecule has 0 unspecified atom stereocenters. The van der Waals surface area contributed by atoms with Gasteiger partial charge < -0.3 is 5.32 Å². The number of aliphatic imine (C=N–C) groups is 1. The minimum absolute atomic E-state index is 0.725. The minimum Gasteiger partial charge on any atom is -0.387 e. The SMILES string of the molecule is CC1=CNCC(C)=C1.CC=CCN=C(/C=C\C=C\C)c1cc(C)ccc1CC. The van der Waals surface area contributed by atoms with E-state index in [2.05, 4.69) is 75.5 Å². The summed E-state index contributed by atoms with van der Waals surface area (Å²) in [6, 6.07) is 6.61. The van der Waals surface area contributed by atoms with Gasteiger partial charge in [-0.2, -0.15) is 0 Å². The number of nitrogens with zero attached hydrogens (tertiary/aromatic N) is 1. The Bertz CT molecular complexity index is 787. The van der Waals surface area contributed by atoms with Gasteiger partial charge in [-0.3, -0.25) is 4.99 Å². The van der Waals surface area contributed by atoms with Crippen LogP contribution in [0.2, 0.25) is 0 Å². The van der Waals surface area contributed by atoms with E-state index in [1.807, 2.05) is 38.3 Å². The summed E-state index contributed by atoms with van der Waals surface area (Å²) in [6.07, 6.45) is 17.6. The second-order valence-electron chi connectivity index (χ2n) is 6.95. The molecule has 1 aliphatic rings. The molecule has 1 heterocycles. The molecule has 28 heavy (non-hydrogen) atoms. The Kier molecular flexibility index (Phi) is 11.3. The summed E-state index contributed by atoms with van der Waals surface area (Å²) < 4.78 is 0. The molecule has 0 saturated heterocycles. The molecular formula is C26H36N2. The largest absolute Gasteiger partial charge is 0.387 e. The second-order valence-corrected chi connectivity index (χ2v) is 6.95. The van der Waals surface area contributed by atoms with E-state index in [1.165, 1.54) is 27.8 Å². The highest BCUT2D eigenvalue weighted by molar-refractivity contribution is 6.10. The summed E-state index contributed by atoms with van der Waals surface area (Å²) >= 11 is 0. The summed E-state index contributed by atoms with van der Waals surface area (Å²) in [5.41, 5.74) is 7.65. The third kappa shape index (κ3) is 8.85. The number of hydrogen-bond acceptors (Lipinski definition) is 2. The van der Waals surface area contributed by atoms with Crippen molar-refractivity contribution >= 4 is 5.71 Å². The molecule has 2 heteroatoms. The molecule has 1 aromatic carbocycles. The lowest BCUT2D eigenvalue weighted by molar-refractivity contribution is 0.905. The number of rotatable bonds is 6. The van der Waals surface area contributed by atoms with Gasteiger partial charge >= 0.3 is 0 Å². The third-order valence-electron chi connectivity index (χ3n) is 4.27. The molecule has 0 saturated carbocycles. The van der Waals surface area contributed by atoms with Crippen LogP contribution >= 0.6 is 0 Å². The molecule has 0 spiro atoms. The van der Waals surface area contributed by atoms with Crippen LogP contribution in [0.15, 0.2) is 83.1 Å². The van der Waals surface area contributed by atoms with Crippen molar-refractivity contribution < 1.29 is 0 Å². The standard InChI is InChI=1S/C19H25N.C7H11N/c1-5-8-10-11-19(20-14-9-6-2)18-15-16(4)12-13-17(18)7-3;1-6-3-7(2)5-8-4-6/h5-6,8-13,15H,7,14H2,1-4H3;3-4,8H,5H2,1-2H3/b8-5+,9-6?,11-10-,20-19?;. The van der Waals surface area contributed by atoms with Crippen molar-refractivity contribution in [2.75, 3.05) is 13.1 Å². The number of nitrogens with one attached hydrogen (secondary N) is 1. The maximum absolute atomic E-state index is 4.71. The van der Waals surface area contributed by atoms with Crippen molar-refractivity contribution in [1.82, 2.24) is 5.32 Å². The number of hydrogen-bond donors (Lipinski definition) is 1. The van der Waals surface area contributed by atoms with E-state index >= 15 is 0 Å². The third-order valence-corrected chi connectivity index (χ3v) is 4.27. The van der Waals surface area contributed by atoms with Crippen LogP contribution in [0.5, 0.6) is 0 Å². The van der Waals surface area contributed by atoms with Crippen molar-refractivity contribution in [3.05, 3.63) is 94.8 Å². The molecule has 0 bridgehead atoms. The van der Waals surface area contributed by atoms with Crippen LogP contribution in [-0.2, 0) is 6.42 Å². The van der Waals surface area contributed by atoms with Gasteiger partial charge in [0.25, 0.3) is 0 Å². The van der Waals surface area contributed by atoms with Crippen molar-refractivity contribution in [3.8, 4) is 0 Å². The van der Waals surface area contributed by atoms with Crippen LogP contribution < -0.4 is 5.32 Å². The Morgan fingerprint density at radius 3 is 2.46 bits per heavy atom. The van der Waals surface area contributed by atoms with Crippen LogP contribution in [0.25, 0.3) is 0 Å². The highest BCUT2D eigenvalue weighted by Crippen LogP contribution is 2.15. The lowest BCUT2D eigenvalue weighted by Crippen LogP contribution is -2.12. The van der Waals surface area contributed by atoms with E-state index in [4.69, 9.17) is 4.99 Å². The van der Waals surface area contributed by atoms with Gasteiger partial charge in [-0.15, -0.1) is 0 Å². The average molecular weight is 377 g/mol. The van der Waals surface area contributed by atoms with E-state index < -0.39 is 0 Å². The van der Waals surface area contributed by atoms with Crippen LogP contribution in [0.1, 0.15) is 51.3 Å². The van der Waals surface area contributed by atoms with E-state index in [9.17, 15) is 0 Å². The van der Waals surface area contributed by atoms with Gasteiger partial charge in [0.15, 0.2) is 0 Å². The van der Waals surface area contributed by atoms with Crippen molar-refractivity contribution in [1.29, 1.82) is 0 Å². The zero-order valence-electron chi connectivity index (χ0n) is 18.4. The molecule has 2 nitrogen and oxygen atoms in total. The molecular weight excluding hydrogens is 340 g/mol. The predicted molar refractivity (Wildman–Crippen MR) is 126 cm³/mol. The van der Waals surface area contributed by atoms with Crippen molar-refractivity contribution in [3.63, 3.8) is 0 Å². The molecule has 1 aromatic rings. The molecule has 1 aliphatic heterocycles. The van der Waals surface area contributed by atoms with Crippen molar-refractivity contribution in [2.45, 2.75) is 48.0 Å². The van der Waals surface area contributed by atoms with E-state index in [0.717, 1.165) is 25.2 Å². The van der Waals surface area contributed by atoms with Gasteiger partial charge in [0.05, 0.1) is 12.3 Å². The molecule has 0 atom stereocenters. The van der Waals surface area contributed by atoms with Crippen LogP contribution in [0.3, 0.4) is 0 Å². The van der Waals surface area contributed by atoms with E-state index in [0.29, 0.717) is 0 Å². The van der Waals surface area contributed by atoms with Gasteiger partial charge in [-0.05, 0) is 70.5 Å². The number of benzene rings is 1. The summed E-state index contributed by atoms with van der Waals surface area (Å²) in [6.45, 7) is 14.3. The van der Waals surface area contributed by atoms with Gasteiger partial charge in [-0.1, -0.05) is 66.6 Å². The predicted octanol–water partition coefficient (Wildman–Crippen LogP) is 6.49. The molecule has 0 radical (unpaired) electrons. The number of aryl methyl sites for hydroxylation is 2. The molecule has 0 aromatic heterocycles. The maximum atomic E-state index is 4.71. The molecule has 2 rings (SSSR count). The molecule has 150 valence electrons. The van der Waals surface area contributed by atoms with Gasteiger partial charge in [0, 0.05) is 12.1 Å². The Morgan fingerprint density at radius 1 is 1.11 bits per heavy atom. The Hall–Kier alpha value is -2.61. The molecule has 0 amide bonds. The van der Waals surface area contributed by atoms with E-state index in [-0.39, 0.29) is 0 Å². The number of allylic oxidation sites excluding steroid dienone is 7. The molecule has 0 aliphatic carbocycles. The monoisotopic (exact) mass is 376 g/mol. The van der Waals surface area contributed by atoms with Gasteiger partial charge in [0.1, 0.15) is 0 Å². The van der Waals surface area contributed by atoms with Crippen LogP contribution in [-0.4, -0.2) is 18.8 Å². The Morgan fingerprint density at radius 2 is 1.89 bits per heavy atom. The van der Waals surface area contributed by atoms with Crippen LogP contribution in [0.4, 0.5) is 0 Å². The first-order chi connectivity index (χ1) is 13.5. The smallest absolute Gasteiger partial charge is 0.0653 e. The van der Waals surface area contributed by atoms with E-state index in [1.54, 1.807) is 0 Å². The molecule has 1 N–H and O–H groups in total. The zero-order chi connectivity index (χ0) is 20.8. The van der Waals surface area contributed by atoms with Crippen LogP contribution in [0, 0.1) is 6.92 Å². The Labute approximate surface area is 172 Å². The highest BCUT2D eigenvalue weighted by Gasteiger charge is 2.05. The fourth-order valence-electron chi connectivity index (χ4n) is 2.83. The topological polar surface area (TPSA) is 24.4 Å².